The fraction of sp³-hybridized carbons (Fsp3) is 0.200. The Labute approximate surface area is 133 Å². The highest BCUT2D eigenvalue weighted by molar-refractivity contribution is 7.92. The summed E-state index contributed by atoms with van der Waals surface area (Å²) in [6.45, 7) is 3.21. The number of carbonyl (C=O) groups excluding carboxylic acids is 1. The minimum absolute atomic E-state index is 0.188. The van der Waals surface area contributed by atoms with Gasteiger partial charge in [-0.15, -0.1) is 11.3 Å². The fourth-order valence-corrected chi connectivity index (χ4v) is 3.53. The summed E-state index contributed by atoms with van der Waals surface area (Å²) in [6.07, 6.45) is 0. The monoisotopic (exact) mass is 334 g/mol. The Morgan fingerprint density at radius 1 is 1.23 bits per heavy atom. The molecular weight excluding hydrogens is 320 g/mol. The van der Waals surface area contributed by atoms with E-state index in [0.717, 1.165) is 0 Å². The number of nitrogens with zero attached hydrogens (tertiary/aromatic N) is 1. The Morgan fingerprint density at radius 2 is 1.86 bits per heavy atom. The van der Waals surface area contributed by atoms with Crippen molar-refractivity contribution in [2.45, 2.75) is 24.0 Å². The summed E-state index contributed by atoms with van der Waals surface area (Å²) in [5.74, 6) is -0.382. The van der Waals surface area contributed by atoms with Crippen molar-refractivity contribution in [2.75, 3.05) is 5.32 Å². The number of benzene rings is 1. The molecule has 0 radical (unpaired) electrons. The third kappa shape index (κ3) is 3.18. The first-order chi connectivity index (χ1) is 10.4. The zero-order valence-corrected chi connectivity index (χ0v) is 13.7. The van der Waals surface area contributed by atoms with Crippen LogP contribution in [0.5, 0.6) is 0 Å². The summed E-state index contributed by atoms with van der Waals surface area (Å²) in [6, 6.07) is 9.38. The highest BCUT2D eigenvalue weighted by Crippen LogP contribution is 2.23. The predicted molar refractivity (Wildman–Crippen MR) is 85.8 cm³/mol. The molecule has 0 bridgehead atoms. The van der Waals surface area contributed by atoms with E-state index in [4.69, 9.17) is 5.26 Å². The van der Waals surface area contributed by atoms with Gasteiger partial charge in [0.15, 0.2) is 9.84 Å². The van der Waals surface area contributed by atoms with E-state index in [1.54, 1.807) is 25.3 Å². The van der Waals surface area contributed by atoms with Crippen LogP contribution in [0.4, 0.5) is 5.00 Å². The number of nitrogens with one attached hydrogen (secondary N) is 1. The number of sulfone groups is 1. The molecule has 2 aromatic rings. The summed E-state index contributed by atoms with van der Waals surface area (Å²) < 4.78 is 24.0. The number of anilines is 1. The second-order valence-electron chi connectivity index (χ2n) is 4.85. The van der Waals surface area contributed by atoms with Crippen LogP contribution in [0.25, 0.3) is 0 Å². The molecule has 114 valence electrons. The molecular formula is C15H14N2O3S2. The molecule has 1 N–H and O–H groups in total. The van der Waals surface area contributed by atoms with Crippen molar-refractivity contribution in [3.8, 4) is 6.07 Å². The molecule has 0 saturated heterocycles. The number of nitriles is 1. The van der Waals surface area contributed by atoms with Crippen molar-refractivity contribution in [2.24, 2.45) is 0 Å². The number of amides is 1. The molecule has 22 heavy (non-hydrogen) atoms. The van der Waals surface area contributed by atoms with E-state index in [0.29, 0.717) is 16.1 Å². The number of rotatable bonds is 4. The van der Waals surface area contributed by atoms with E-state index < -0.39 is 15.1 Å². The Hall–Kier alpha value is -2.17. The maximum absolute atomic E-state index is 12.1. The van der Waals surface area contributed by atoms with Crippen LogP contribution in [-0.2, 0) is 9.84 Å². The first kappa shape index (κ1) is 16.2. The molecule has 0 aliphatic carbocycles. The zero-order valence-electron chi connectivity index (χ0n) is 12.0. The lowest BCUT2D eigenvalue weighted by atomic mass is 10.2. The van der Waals surface area contributed by atoms with Gasteiger partial charge in [0.25, 0.3) is 5.91 Å². The molecule has 5 nitrogen and oxygen atoms in total. The Morgan fingerprint density at radius 3 is 2.41 bits per heavy atom. The second-order valence-corrected chi connectivity index (χ2v) is 8.27. The van der Waals surface area contributed by atoms with Crippen molar-refractivity contribution in [3.63, 3.8) is 0 Å². The standard InChI is InChI=1S/C15H14N2O3S2/c1-10(2)22(19,20)13-5-3-11(4-6-13)14(18)17-15-12(9-16)7-8-21-15/h3-8,10H,1-2H3,(H,17,18). The van der Waals surface area contributed by atoms with Gasteiger partial charge in [0.05, 0.1) is 15.7 Å². The van der Waals surface area contributed by atoms with E-state index in [9.17, 15) is 13.2 Å². The maximum Gasteiger partial charge on any atom is 0.256 e. The van der Waals surface area contributed by atoms with Gasteiger partial charge in [0, 0.05) is 5.56 Å². The molecule has 1 aromatic carbocycles. The fourth-order valence-electron chi connectivity index (χ4n) is 1.74. The summed E-state index contributed by atoms with van der Waals surface area (Å²) in [4.78, 5) is 12.3. The van der Waals surface area contributed by atoms with Gasteiger partial charge < -0.3 is 5.32 Å². The molecule has 0 fully saturated rings. The maximum atomic E-state index is 12.1. The number of hydrogen-bond donors (Lipinski definition) is 1. The van der Waals surface area contributed by atoms with Crippen molar-refractivity contribution >= 4 is 32.1 Å². The van der Waals surface area contributed by atoms with Crippen LogP contribution in [0.2, 0.25) is 0 Å². The minimum atomic E-state index is -3.35. The topological polar surface area (TPSA) is 87.0 Å². The van der Waals surface area contributed by atoms with Crippen LogP contribution in [-0.4, -0.2) is 19.6 Å². The van der Waals surface area contributed by atoms with Gasteiger partial charge in [-0.05, 0) is 49.6 Å². The lowest BCUT2D eigenvalue weighted by Gasteiger charge is -2.08. The zero-order chi connectivity index (χ0) is 16.3. The molecule has 2 rings (SSSR count). The summed E-state index contributed by atoms with van der Waals surface area (Å²) in [5, 5.41) is 13.2. The lowest BCUT2D eigenvalue weighted by molar-refractivity contribution is 0.102. The van der Waals surface area contributed by atoms with Gasteiger partial charge in [-0.2, -0.15) is 5.26 Å². The van der Waals surface area contributed by atoms with Crippen LogP contribution in [0.3, 0.4) is 0 Å². The lowest BCUT2D eigenvalue weighted by Crippen LogP contribution is -2.15. The van der Waals surface area contributed by atoms with E-state index in [-0.39, 0.29) is 10.8 Å². The van der Waals surface area contributed by atoms with Crippen molar-refractivity contribution in [1.82, 2.24) is 0 Å². The van der Waals surface area contributed by atoms with Crippen LogP contribution in [0.15, 0.2) is 40.6 Å². The molecule has 7 heteroatoms. The molecule has 0 aliphatic heterocycles. The van der Waals surface area contributed by atoms with Crippen molar-refractivity contribution < 1.29 is 13.2 Å². The van der Waals surface area contributed by atoms with Gasteiger partial charge >= 0.3 is 0 Å². The Balaban J connectivity index is 2.21. The summed E-state index contributed by atoms with van der Waals surface area (Å²) in [7, 11) is -3.35. The molecule has 0 spiro atoms. The predicted octanol–water partition coefficient (Wildman–Crippen LogP) is 3.05. The minimum Gasteiger partial charge on any atom is -0.312 e. The van der Waals surface area contributed by atoms with E-state index in [1.165, 1.54) is 35.6 Å². The summed E-state index contributed by atoms with van der Waals surface area (Å²) in [5.41, 5.74) is 0.734. The highest BCUT2D eigenvalue weighted by Gasteiger charge is 2.19. The van der Waals surface area contributed by atoms with Gasteiger partial charge in [0.2, 0.25) is 0 Å². The van der Waals surface area contributed by atoms with Crippen LogP contribution < -0.4 is 5.32 Å². The van der Waals surface area contributed by atoms with Crippen LogP contribution in [0, 0.1) is 11.3 Å². The second kappa shape index (κ2) is 6.30. The molecule has 0 unspecified atom stereocenters. The number of hydrogen-bond acceptors (Lipinski definition) is 5. The Bertz CT molecular complexity index is 828. The van der Waals surface area contributed by atoms with Crippen molar-refractivity contribution in [1.29, 1.82) is 5.26 Å². The quantitative estimate of drug-likeness (QED) is 0.931. The van der Waals surface area contributed by atoms with Crippen molar-refractivity contribution in [3.05, 3.63) is 46.8 Å². The number of carbonyl (C=O) groups is 1. The molecule has 1 heterocycles. The number of thiophene rings is 1. The van der Waals surface area contributed by atoms with Crippen LogP contribution >= 0.6 is 11.3 Å². The normalized spacial score (nSPS) is 11.2. The molecule has 1 aromatic heterocycles. The average molecular weight is 334 g/mol. The average Bonchev–Trinajstić information content (AvgIpc) is 2.94. The Kier molecular flexibility index (Phi) is 4.64. The smallest absolute Gasteiger partial charge is 0.256 e. The van der Waals surface area contributed by atoms with Crippen LogP contribution in [0.1, 0.15) is 29.8 Å². The van der Waals surface area contributed by atoms with E-state index >= 15 is 0 Å². The third-order valence-electron chi connectivity index (χ3n) is 3.08. The molecule has 0 saturated carbocycles. The van der Waals surface area contributed by atoms with E-state index in [1.807, 2.05) is 6.07 Å². The third-order valence-corrected chi connectivity index (χ3v) is 6.08. The van der Waals surface area contributed by atoms with Gasteiger partial charge in [-0.3, -0.25) is 4.79 Å². The first-order valence-electron chi connectivity index (χ1n) is 6.49. The van der Waals surface area contributed by atoms with E-state index in [2.05, 4.69) is 5.32 Å². The highest BCUT2D eigenvalue weighted by atomic mass is 32.2. The summed E-state index contributed by atoms with van der Waals surface area (Å²) >= 11 is 1.26. The SMILES string of the molecule is CC(C)S(=O)(=O)c1ccc(C(=O)Nc2sccc2C#N)cc1. The first-order valence-corrected chi connectivity index (χ1v) is 8.91. The van der Waals surface area contributed by atoms with Gasteiger partial charge in [0.1, 0.15) is 11.1 Å². The van der Waals surface area contributed by atoms with Gasteiger partial charge in [-0.25, -0.2) is 8.42 Å². The largest absolute Gasteiger partial charge is 0.312 e. The molecule has 0 aliphatic rings. The molecule has 1 amide bonds. The van der Waals surface area contributed by atoms with Gasteiger partial charge in [-0.1, -0.05) is 0 Å². The molecule has 0 atom stereocenters.